The quantitative estimate of drug-likeness (QED) is 0.753. The molecule has 138 valence electrons. The summed E-state index contributed by atoms with van der Waals surface area (Å²) in [4.78, 5) is 29.0. The summed E-state index contributed by atoms with van der Waals surface area (Å²) in [5.74, 6) is 1.03. The highest BCUT2D eigenvalue weighted by atomic mass is 16.5. The molecule has 2 aromatic rings. The molecular weight excluding hydrogens is 332 g/mol. The molecule has 0 spiro atoms. The number of nitrogens with zero attached hydrogens (tertiary/aromatic N) is 2. The van der Waals surface area contributed by atoms with Gasteiger partial charge in [-0.25, -0.2) is 0 Å². The van der Waals surface area contributed by atoms with E-state index >= 15 is 0 Å². The second-order valence-electron chi connectivity index (χ2n) is 6.99. The molecule has 1 atom stereocenters. The first-order valence-corrected chi connectivity index (χ1v) is 8.96. The van der Waals surface area contributed by atoms with E-state index in [1.807, 2.05) is 44.2 Å². The number of amides is 2. The fourth-order valence-electron chi connectivity index (χ4n) is 2.66. The summed E-state index contributed by atoms with van der Waals surface area (Å²) in [6.45, 7) is 3.95. The van der Waals surface area contributed by atoms with E-state index in [9.17, 15) is 9.59 Å². The van der Waals surface area contributed by atoms with Crippen LogP contribution in [0.4, 0.5) is 0 Å². The average molecular weight is 356 g/mol. The zero-order valence-corrected chi connectivity index (χ0v) is 15.1. The first-order chi connectivity index (χ1) is 12.5. The number of hydrogen-bond acceptors (Lipinski definition) is 5. The molecule has 1 aliphatic rings. The van der Waals surface area contributed by atoms with Gasteiger partial charge in [-0.2, -0.15) is 4.98 Å². The minimum Gasteiger partial charge on any atom is -0.345 e. The van der Waals surface area contributed by atoms with Crippen LogP contribution in [0, 0.1) is 5.92 Å². The summed E-state index contributed by atoms with van der Waals surface area (Å²) in [6, 6.07) is 8.83. The molecule has 26 heavy (non-hydrogen) atoms. The van der Waals surface area contributed by atoms with Crippen molar-refractivity contribution >= 4 is 11.8 Å². The fraction of sp³-hybridized carbons (Fsp3) is 0.474. The van der Waals surface area contributed by atoms with Gasteiger partial charge < -0.3 is 15.2 Å². The summed E-state index contributed by atoms with van der Waals surface area (Å²) < 4.78 is 5.15. The molecule has 1 saturated carbocycles. The molecule has 2 amide bonds. The molecule has 1 aromatic heterocycles. The lowest BCUT2D eigenvalue weighted by Crippen LogP contribution is -2.49. The van der Waals surface area contributed by atoms with Crippen molar-refractivity contribution in [1.29, 1.82) is 0 Å². The molecule has 7 heteroatoms. The Bertz CT molecular complexity index is 753. The molecule has 0 aliphatic heterocycles. The van der Waals surface area contributed by atoms with Crippen LogP contribution in [0.2, 0.25) is 0 Å². The predicted octanol–water partition coefficient (Wildman–Crippen LogP) is 1.95. The van der Waals surface area contributed by atoms with Crippen LogP contribution in [-0.2, 0) is 22.6 Å². The third kappa shape index (κ3) is 4.91. The van der Waals surface area contributed by atoms with E-state index in [0.29, 0.717) is 17.6 Å². The number of benzene rings is 1. The number of rotatable bonds is 8. The SMILES string of the molecule is CC(C)C(NC(=O)Cc1ccccc1)C(=O)NCc1nc(C2CC2)no1. The summed E-state index contributed by atoms with van der Waals surface area (Å²) in [6.07, 6.45) is 2.42. The molecule has 0 saturated heterocycles. The van der Waals surface area contributed by atoms with Crippen LogP contribution >= 0.6 is 0 Å². The Morgan fingerprint density at radius 3 is 2.62 bits per heavy atom. The molecule has 1 aromatic carbocycles. The maximum absolute atomic E-state index is 12.5. The Morgan fingerprint density at radius 2 is 1.96 bits per heavy atom. The molecule has 3 rings (SSSR count). The number of nitrogens with one attached hydrogen (secondary N) is 2. The van der Waals surface area contributed by atoms with Crippen molar-refractivity contribution < 1.29 is 14.1 Å². The second-order valence-corrected chi connectivity index (χ2v) is 6.99. The van der Waals surface area contributed by atoms with Crippen molar-refractivity contribution in [2.45, 2.75) is 51.6 Å². The van der Waals surface area contributed by atoms with E-state index in [4.69, 9.17) is 4.52 Å². The third-order valence-corrected chi connectivity index (χ3v) is 4.31. The number of carbonyl (C=O) groups is 2. The number of hydrogen-bond donors (Lipinski definition) is 2. The molecule has 0 radical (unpaired) electrons. The van der Waals surface area contributed by atoms with Gasteiger partial charge in [0.1, 0.15) is 6.04 Å². The van der Waals surface area contributed by atoms with Crippen LogP contribution in [0.25, 0.3) is 0 Å². The van der Waals surface area contributed by atoms with E-state index in [1.54, 1.807) is 0 Å². The molecule has 1 fully saturated rings. The first-order valence-electron chi connectivity index (χ1n) is 8.96. The van der Waals surface area contributed by atoms with Gasteiger partial charge >= 0.3 is 0 Å². The topological polar surface area (TPSA) is 97.1 Å². The molecule has 1 unspecified atom stereocenters. The van der Waals surface area contributed by atoms with Crippen LogP contribution in [0.5, 0.6) is 0 Å². The average Bonchev–Trinajstić information content (AvgIpc) is 3.36. The van der Waals surface area contributed by atoms with Gasteiger partial charge in [-0.3, -0.25) is 9.59 Å². The van der Waals surface area contributed by atoms with E-state index < -0.39 is 6.04 Å². The van der Waals surface area contributed by atoms with Gasteiger partial charge in [0.25, 0.3) is 0 Å². The lowest BCUT2D eigenvalue weighted by atomic mass is 10.0. The Labute approximate surface area is 152 Å². The van der Waals surface area contributed by atoms with Crippen LogP contribution in [-0.4, -0.2) is 28.0 Å². The van der Waals surface area contributed by atoms with E-state index in [0.717, 1.165) is 18.4 Å². The van der Waals surface area contributed by atoms with Crippen molar-refractivity contribution in [1.82, 2.24) is 20.8 Å². The Balaban J connectivity index is 1.52. The summed E-state index contributed by atoms with van der Waals surface area (Å²) >= 11 is 0. The second kappa shape index (κ2) is 8.12. The Morgan fingerprint density at radius 1 is 1.23 bits per heavy atom. The molecule has 2 N–H and O–H groups in total. The standard InChI is InChI=1S/C19H24N4O3/c1-12(2)17(21-15(24)10-13-6-4-3-5-7-13)19(25)20-11-16-22-18(23-26-16)14-8-9-14/h3-7,12,14,17H,8-11H2,1-2H3,(H,20,25)(H,21,24). The minimum atomic E-state index is -0.614. The molecule has 7 nitrogen and oxygen atoms in total. The van der Waals surface area contributed by atoms with E-state index in [-0.39, 0.29) is 30.7 Å². The van der Waals surface area contributed by atoms with Gasteiger partial charge in [0.05, 0.1) is 13.0 Å². The van der Waals surface area contributed by atoms with E-state index in [2.05, 4.69) is 20.8 Å². The highest BCUT2D eigenvalue weighted by Gasteiger charge is 2.29. The maximum Gasteiger partial charge on any atom is 0.246 e. The molecular formula is C19H24N4O3. The van der Waals surface area contributed by atoms with Crippen LogP contribution in [0.3, 0.4) is 0 Å². The zero-order valence-electron chi connectivity index (χ0n) is 15.1. The van der Waals surface area contributed by atoms with Crippen molar-refractivity contribution in [3.8, 4) is 0 Å². The molecule has 0 bridgehead atoms. The van der Waals surface area contributed by atoms with Gasteiger partial charge in [-0.05, 0) is 24.3 Å². The van der Waals surface area contributed by atoms with Crippen LogP contribution < -0.4 is 10.6 Å². The summed E-state index contributed by atoms with van der Waals surface area (Å²) in [7, 11) is 0. The van der Waals surface area contributed by atoms with Gasteiger partial charge in [0.15, 0.2) is 5.82 Å². The van der Waals surface area contributed by atoms with Gasteiger partial charge in [0.2, 0.25) is 17.7 Å². The Hall–Kier alpha value is -2.70. The molecule has 1 aliphatic carbocycles. The highest BCUT2D eigenvalue weighted by Crippen LogP contribution is 2.38. The van der Waals surface area contributed by atoms with Gasteiger partial charge in [0, 0.05) is 5.92 Å². The Kier molecular flexibility index (Phi) is 5.65. The third-order valence-electron chi connectivity index (χ3n) is 4.31. The van der Waals surface area contributed by atoms with Gasteiger partial charge in [-0.15, -0.1) is 0 Å². The lowest BCUT2D eigenvalue weighted by Gasteiger charge is -2.21. The monoisotopic (exact) mass is 356 g/mol. The summed E-state index contributed by atoms with van der Waals surface area (Å²) in [5.41, 5.74) is 0.909. The van der Waals surface area contributed by atoms with Crippen molar-refractivity contribution in [2.24, 2.45) is 5.92 Å². The maximum atomic E-state index is 12.5. The van der Waals surface area contributed by atoms with Crippen molar-refractivity contribution in [3.05, 3.63) is 47.6 Å². The summed E-state index contributed by atoms with van der Waals surface area (Å²) in [5, 5.41) is 9.51. The van der Waals surface area contributed by atoms with Crippen molar-refractivity contribution in [3.63, 3.8) is 0 Å². The minimum absolute atomic E-state index is 0.0422. The smallest absolute Gasteiger partial charge is 0.246 e. The predicted molar refractivity (Wildman–Crippen MR) is 95.0 cm³/mol. The number of carbonyl (C=O) groups excluding carboxylic acids is 2. The molecule has 1 heterocycles. The zero-order chi connectivity index (χ0) is 18.5. The normalized spacial score (nSPS) is 14.9. The highest BCUT2D eigenvalue weighted by molar-refractivity contribution is 5.88. The van der Waals surface area contributed by atoms with E-state index in [1.165, 1.54) is 0 Å². The van der Waals surface area contributed by atoms with Crippen LogP contribution in [0.1, 0.15) is 49.9 Å². The van der Waals surface area contributed by atoms with Crippen molar-refractivity contribution in [2.75, 3.05) is 0 Å². The lowest BCUT2D eigenvalue weighted by molar-refractivity contribution is -0.130. The fourth-order valence-corrected chi connectivity index (χ4v) is 2.66. The first kappa shape index (κ1) is 18.1. The largest absolute Gasteiger partial charge is 0.345 e. The van der Waals surface area contributed by atoms with Crippen LogP contribution in [0.15, 0.2) is 34.9 Å². The van der Waals surface area contributed by atoms with Gasteiger partial charge in [-0.1, -0.05) is 49.3 Å². The number of aromatic nitrogens is 2.